The quantitative estimate of drug-likeness (QED) is 0.623. The maximum Gasteiger partial charge on any atom is 0.315 e. The normalized spacial score (nSPS) is 15.3. The van der Waals surface area contributed by atoms with Crippen LogP contribution in [-0.2, 0) is 17.9 Å². The van der Waals surface area contributed by atoms with Crippen LogP contribution in [0.4, 0.5) is 4.79 Å². The minimum Gasteiger partial charge on any atom is -0.340 e. The molecule has 6 nitrogen and oxygen atoms in total. The summed E-state index contributed by atoms with van der Waals surface area (Å²) in [5.41, 5.74) is 3.31. The van der Waals surface area contributed by atoms with E-state index in [0.717, 1.165) is 50.0 Å². The van der Waals surface area contributed by atoms with Gasteiger partial charge < -0.3 is 20.4 Å². The maximum atomic E-state index is 12.8. The standard InChI is InChI=1S/C26H36N4O2/c1-3-29(2)19-22-12-10-11-21(17-22)18-27-26(32)28-24(23-13-6-4-7-14-23)20-30-16-9-5-8-15-25(30)31/h4,6-7,10-14,17,24H,3,5,8-9,15-16,18-20H2,1-2H3,(H2,27,28,32). The van der Waals surface area contributed by atoms with Crippen LogP contribution in [0, 0.1) is 0 Å². The van der Waals surface area contributed by atoms with Crippen LogP contribution in [0.25, 0.3) is 0 Å². The van der Waals surface area contributed by atoms with Crippen LogP contribution in [0.15, 0.2) is 54.6 Å². The van der Waals surface area contributed by atoms with E-state index in [1.165, 1.54) is 5.56 Å². The zero-order valence-corrected chi connectivity index (χ0v) is 19.3. The number of hydrogen-bond acceptors (Lipinski definition) is 3. The van der Waals surface area contributed by atoms with E-state index < -0.39 is 0 Å². The van der Waals surface area contributed by atoms with E-state index in [9.17, 15) is 9.59 Å². The molecule has 1 aliphatic heterocycles. The highest BCUT2D eigenvalue weighted by atomic mass is 16.2. The van der Waals surface area contributed by atoms with Gasteiger partial charge in [0.2, 0.25) is 5.91 Å². The summed E-state index contributed by atoms with van der Waals surface area (Å²) in [7, 11) is 2.09. The van der Waals surface area contributed by atoms with Crippen molar-refractivity contribution in [2.45, 2.75) is 51.7 Å². The second kappa shape index (κ2) is 12.2. The lowest BCUT2D eigenvalue weighted by molar-refractivity contribution is -0.131. The fourth-order valence-corrected chi connectivity index (χ4v) is 4.02. The molecule has 0 saturated carbocycles. The van der Waals surface area contributed by atoms with Crippen LogP contribution in [-0.4, -0.2) is 48.4 Å². The van der Waals surface area contributed by atoms with Gasteiger partial charge in [-0.1, -0.05) is 67.9 Å². The third-order valence-electron chi connectivity index (χ3n) is 6.02. The molecule has 32 heavy (non-hydrogen) atoms. The lowest BCUT2D eigenvalue weighted by atomic mass is 10.1. The SMILES string of the molecule is CCN(C)Cc1cccc(CNC(=O)NC(CN2CCCCCC2=O)c2ccccc2)c1. The van der Waals surface area contributed by atoms with E-state index in [2.05, 4.69) is 41.6 Å². The van der Waals surface area contributed by atoms with Crippen LogP contribution in [0.2, 0.25) is 0 Å². The maximum absolute atomic E-state index is 12.8. The number of urea groups is 1. The van der Waals surface area contributed by atoms with E-state index in [1.807, 2.05) is 47.4 Å². The summed E-state index contributed by atoms with van der Waals surface area (Å²) in [6, 6.07) is 17.7. The van der Waals surface area contributed by atoms with Gasteiger partial charge in [-0.3, -0.25) is 4.79 Å². The van der Waals surface area contributed by atoms with Gasteiger partial charge in [-0.25, -0.2) is 4.79 Å². The van der Waals surface area contributed by atoms with Gasteiger partial charge in [0.25, 0.3) is 0 Å². The largest absolute Gasteiger partial charge is 0.340 e. The molecule has 172 valence electrons. The molecule has 0 radical (unpaired) electrons. The van der Waals surface area contributed by atoms with Gasteiger partial charge in [-0.05, 0) is 43.1 Å². The van der Waals surface area contributed by atoms with Gasteiger partial charge in [0.05, 0.1) is 6.04 Å². The Morgan fingerprint density at radius 2 is 1.84 bits per heavy atom. The van der Waals surface area contributed by atoms with E-state index in [-0.39, 0.29) is 18.0 Å². The number of nitrogens with one attached hydrogen (secondary N) is 2. The molecule has 0 bridgehead atoms. The predicted octanol–water partition coefficient (Wildman–Crippen LogP) is 4.08. The van der Waals surface area contributed by atoms with Crippen LogP contribution in [0.5, 0.6) is 0 Å². The molecular formula is C26H36N4O2. The number of nitrogens with zero attached hydrogens (tertiary/aromatic N) is 2. The Morgan fingerprint density at radius 1 is 1.06 bits per heavy atom. The van der Waals surface area contributed by atoms with Gasteiger partial charge in [0.1, 0.15) is 0 Å². The number of hydrogen-bond donors (Lipinski definition) is 2. The molecule has 2 N–H and O–H groups in total. The number of benzene rings is 2. The summed E-state index contributed by atoms with van der Waals surface area (Å²) >= 11 is 0. The van der Waals surface area contributed by atoms with Crippen LogP contribution >= 0.6 is 0 Å². The monoisotopic (exact) mass is 436 g/mol. The van der Waals surface area contributed by atoms with Gasteiger partial charge in [-0.15, -0.1) is 0 Å². The molecule has 3 amide bonds. The van der Waals surface area contributed by atoms with Gasteiger partial charge in [-0.2, -0.15) is 0 Å². The number of amides is 3. The summed E-state index contributed by atoms with van der Waals surface area (Å²) < 4.78 is 0. The Labute approximate surface area is 192 Å². The van der Waals surface area contributed by atoms with E-state index in [0.29, 0.717) is 19.5 Å². The van der Waals surface area contributed by atoms with Crippen molar-refractivity contribution < 1.29 is 9.59 Å². The van der Waals surface area contributed by atoms with Crippen molar-refractivity contribution >= 4 is 11.9 Å². The number of carbonyl (C=O) groups is 2. The molecule has 1 unspecified atom stereocenters. The second-order valence-corrected chi connectivity index (χ2v) is 8.59. The van der Waals surface area contributed by atoms with Crippen LogP contribution in [0.3, 0.4) is 0 Å². The average Bonchev–Trinajstić information content (AvgIpc) is 3.02. The first-order chi connectivity index (χ1) is 15.5. The zero-order valence-electron chi connectivity index (χ0n) is 19.3. The van der Waals surface area contributed by atoms with E-state index in [1.54, 1.807) is 0 Å². The number of likely N-dealkylation sites (tertiary alicyclic amines) is 1. The highest BCUT2D eigenvalue weighted by molar-refractivity contribution is 5.77. The minimum absolute atomic E-state index is 0.180. The first-order valence-corrected chi connectivity index (χ1v) is 11.7. The summed E-state index contributed by atoms with van der Waals surface area (Å²) in [6.07, 6.45) is 3.64. The fourth-order valence-electron chi connectivity index (χ4n) is 4.02. The first kappa shape index (κ1) is 23.8. The van der Waals surface area contributed by atoms with Crippen molar-refractivity contribution in [2.24, 2.45) is 0 Å². The van der Waals surface area contributed by atoms with Crippen molar-refractivity contribution in [3.63, 3.8) is 0 Å². The molecule has 2 aromatic rings. The molecule has 1 saturated heterocycles. The Balaban J connectivity index is 1.61. The van der Waals surface area contributed by atoms with Crippen molar-refractivity contribution in [3.05, 3.63) is 71.3 Å². The molecule has 6 heteroatoms. The molecule has 1 aliphatic rings. The van der Waals surface area contributed by atoms with Gasteiger partial charge in [0, 0.05) is 32.6 Å². The molecule has 0 aromatic heterocycles. The Hall–Kier alpha value is -2.86. The Bertz CT molecular complexity index is 871. The molecule has 2 aromatic carbocycles. The summed E-state index contributed by atoms with van der Waals surface area (Å²) in [6.45, 7) is 5.72. The van der Waals surface area contributed by atoms with Gasteiger partial charge in [0.15, 0.2) is 0 Å². The second-order valence-electron chi connectivity index (χ2n) is 8.59. The molecule has 1 atom stereocenters. The number of carbonyl (C=O) groups excluding carboxylic acids is 2. The van der Waals surface area contributed by atoms with Crippen molar-refractivity contribution in [1.29, 1.82) is 0 Å². The summed E-state index contributed by atoms with van der Waals surface area (Å²) in [4.78, 5) is 29.4. The smallest absolute Gasteiger partial charge is 0.315 e. The molecule has 3 rings (SSSR count). The zero-order chi connectivity index (χ0) is 22.8. The molecular weight excluding hydrogens is 400 g/mol. The minimum atomic E-state index is -0.247. The van der Waals surface area contributed by atoms with Crippen molar-refractivity contribution in [1.82, 2.24) is 20.4 Å². The molecule has 1 heterocycles. The predicted molar refractivity (Wildman–Crippen MR) is 128 cm³/mol. The van der Waals surface area contributed by atoms with Crippen LogP contribution in [0.1, 0.15) is 55.3 Å². The summed E-state index contributed by atoms with van der Waals surface area (Å²) in [5.74, 6) is 0.180. The Morgan fingerprint density at radius 3 is 2.62 bits per heavy atom. The fraction of sp³-hybridized carbons (Fsp3) is 0.462. The molecule has 1 fully saturated rings. The third-order valence-corrected chi connectivity index (χ3v) is 6.02. The highest BCUT2D eigenvalue weighted by Crippen LogP contribution is 2.18. The third kappa shape index (κ3) is 7.38. The van der Waals surface area contributed by atoms with Gasteiger partial charge >= 0.3 is 6.03 Å². The molecule has 0 aliphatic carbocycles. The average molecular weight is 437 g/mol. The highest BCUT2D eigenvalue weighted by Gasteiger charge is 2.23. The Kier molecular flexibility index (Phi) is 9.11. The van der Waals surface area contributed by atoms with Crippen molar-refractivity contribution in [2.75, 3.05) is 26.7 Å². The van der Waals surface area contributed by atoms with E-state index in [4.69, 9.17) is 0 Å². The lowest BCUT2D eigenvalue weighted by Crippen LogP contribution is -2.44. The number of rotatable bonds is 9. The molecule has 0 spiro atoms. The topological polar surface area (TPSA) is 64.7 Å². The first-order valence-electron chi connectivity index (χ1n) is 11.7. The van der Waals surface area contributed by atoms with Crippen LogP contribution < -0.4 is 10.6 Å². The summed E-state index contributed by atoms with van der Waals surface area (Å²) in [5, 5.41) is 6.08. The van der Waals surface area contributed by atoms with E-state index >= 15 is 0 Å². The van der Waals surface area contributed by atoms with Crippen molar-refractivity contribution in [3.8, 4) is 0 Å². The lowest BCUT2D eigenvalue weighted by Gasteiger charge is -2.28.